The average Bonchev–Trinajstić information content (AvgIpc) is 2.60. The summed E-state index contributed by atoms with van der Waals surface area (Å²) in [6, 6.07) is 3.43. The smallest absolute Gasteiger partial charge is 0.337 e. The standard InChI is InChI=1S/C12H14N2O2/c1-8(2)5-10-6-13-14-7-9(12(15)16)3-4-11(10)14/h3-4,6-8H,5H2,1-2H3,(H,15,16). The Bertz CT molecular complexity index is 529. The normalized spacial score (nSPS) is 11.2. The number of aromatic carboxylic acids is 1. The van der Waals surface area contributed by atoms with Crippen LogP contribution in [0.4, 0.5) is 0 Å². The van der Waals surface area contributed by atoms with Crippen LogP contribution in [0.2, 0.25) is 0 Å². The Kier molecular flexibility index (Phi) is 2.64. The van der Waals surface area contributed by atoms with Crippen molar-refractivity contribution in [2.45, 2.75) is 20.3 Å². The molecule has 2 aromatic heterocycles. The highest BCUT2D eigenvalue weighted by atomic mass is 16.4. The summed E-state index contributed by atoms with van der Waals surface area (Å²) in [6.45, 7) is 4.30. The van der Waals surface area contributed by atoms with E-state index in [0.29, 0.717) is 5.92 Å². The van der Waals surface area contributed by atoms with E-state index in [1.807, 2.05) is 6.07 Å². The Hall–Kier alpha value is -1.84. The van der Waals surface area contributed by atoms with Gasteiger partial charge in [-0.15, -0.1) is 0 Å². The fraction of sp³-hybridized carbons (Fsp3) is 0.333. The van der Waals surface area contributed by atoms with E-state index in [1.54, 1.807) is 23.0 Å². The minimum Gasteiger partial charge on any atom is -0.478 e. The van der Waals surface area contributed by atoms with Crippen molar-refractivity contribution >= 4 is 11.5 Å². The molecule has 16 heavy (non-hydrogen) atoms. The van der Waals surface area contributed by atoms with Crippen LogP contribution in [0, 0.1) is 5.92 Å². The third-order valence-corrected chi connectivity index (χ3v) is 2.47. The molecule has 0 unspecified atom stereocenters. The second kappa shape index (κ2) is 3.96. The predicted octanol–water partition coefficient (Wildman–Crippen LogP) is 2.23. The molecule has 1 N–H and O–H groups in total. The van der Waals surface area contributed by atoms with Crippen LogP contribution in [0.1, 0.15) is 29.8 Å². The van der Waals surface area contributed by atoms with Crippen molar-refractivity contribution in [1.82, 2.24) is 9.61 Å². The molecule has 4 nitrogen and oxygen atoms in total. The van der Waals surface area contributed by atoms with Gasteiger partial charge < -0.3 is 5.11 Å². The predicted molar refractivity (Wildman–Crippen MR) is 60.7 cm³/mol. The molecule has 0 atom stereocenters. The molecule has 0 saturated carbocycles. The molecule has 2 heterocycles. The number of fused-ring (bicyclic) bond motifs is 1. The third kappa shape index (κ3) is 1.91. The van der Waals surface area contributed by atoms with Crippen LogP contribution in [0.25, 0.3) is 5.52 Å². The molecule has 2 rings (SSSR count). The van der Waals surface area contributed by atoms with Crippen molar-refractivity contribution in [2.24, 2.45) is 5.92 Å². The molecular weight excluding hydrogens is 204 g/mol. The lowest BCUT2D eigenvalue weighted by molar-refractivity contribution is 0.0696. The first-order valence-electron chi connectivity index (χ1n) is 5.27. The lowest BCUT2D eigenvalue weighted by Gasteiger charge is -2.02. The first-order chi connectivity index (χ1) is 7.58. The number of carboxylic acids is 1. The van der Waals surface area contributed by atoms with Gasteiger partial charge in [0.1, 0.15) is 0 Å². The largest absolute Gasteiger partial charge is 0.478 e. The molecule has 0 amide bonds. The van der Waals surface area contributed by atoms with Gasteiger partial charge in [0.2, 0.25) is 0 Å². The third-order valence-electron chi connectivity index (χ3n) is 2.47. The second-order valence-corrected chi connectivity index (χ2v) is 4.32. The monoisotopic (exact) mass is 218 g/mol. The summed E-state index contributed by atoms with van der Waals surface area (Å²) in [5, 5.41) is 13.0. The molecule has 0 bridgehead atoms. The molecule has 2 aromatic rings. The van der Waals surface area contributed by atoms with Crippen molar-refractivity contribution < 1.29 is 9.90 Å². The summed E-state index contributed by atoms with van der Waals surface area (Å²) in [6.07, 6.45) is 4.30. The lowest BCUT2D eigenvalue weighted by Crippen LogP contribution is -2.00. The molecule has 0 aromatic carbocycles. The van der Waals surface area contributed by atoms with E-state index in [0.717, 1.165) is 17.5 Å². The van der Waals surface area contributed by atoms with Gasteiger partial charge in [-0.3, -0.25) is 0 Å². The summed E-state index contributed by atoms with van der Waals surface area (Å²) >= 11 is 0. The van der Waals surface area contributed by atoms with Crippen molar-refractivity contribution in [2.75, 3.05) is 0 Å². The van der Waals surface area contributed by atoms with Gasteiger partial charge in [-0.05, 0) is 30.0 Å². The maximum absolute atomic E-state index is 10.8. The number of aromatic nitrogens is 2. The van der Waals surface area contributed by atoms with Gasteiger partial charge in [0.05, 0.1) is 17.3 Å². The van der Waals surface area contributed by atoms with Gasteiger partial charge >= 0.3 is 5.97 Å². The molecule has 0 spiro atoms. The summed E-state index contributed by atoms with van der Waals surface area (Å²) in [7, 11) is 0. The number of carbonyl (C=O) groups is 1. The highest BCUT2D eigenvalue weighted by Gasteiger charge is 2.08. The van der Waals surface area contributed by atoms with E-state index < -0.39 is 5.97 Å². The summed E-state index contributed by atoms with van der Waals surface area (Å²) in [5.41, 5.74) is 2.40. The van der Waals surface area contributed by atoms with Gasteiger partial charge in [-0.2, -0.15) is 5.10 Å². The van der Waals surface area contributed by atoms with Crippen LogP contribution in [0.3, 0.4) is 0 Å². The number of rotatable bonds is 3. The number of hydrogen-bond acceptors (Lipinski definition) is 2. The fourth-order valence-corrected chi connectivity index (χ4v) is 1.76. The highest BCUT2D eigenvalue weighted by molar-refractivity contribution is 5.87. The summed E-state index contributed by atoms with van der Waals surface area (Å²) < 4.78 is 1.63. The van der Waals surface area contributed by atoms with Crippen LogP contribution >= 0.6 is 0 Å². The Labute approximate surface area is 93.5 Å². The fourth-order valence-electron chi connectivity index (χ4n) is 1.76. The van der Waals surface area contributed by atoms with Crippen molar-refractivity contribution in [1.29, 1.82) is 0 Å². The van der Waals surface area contributed by atoms with Crippen LogP contribution in [-0.2, 0) is 6.42 Å². The Morgan fingerprint density at radius 1 is 1.50 bits per heavy atom. The maximum Gasteiger partial charge on any atom is 0.337 e. The van der Waals surface area contributed by atoms with Crippen LogP contribution in [-0.4, -0.2) is 20.7 Å². The van der Waals surface area contributed by atoms with Gasteiger partial charge in [0.15, 0.2) is 0 Å². The molecule has 0 aliphatic heterocycles. The van der Waals surface area contributed by atoms with E-state index in [4.69, 9.17) is 5.11 Å². The van der Waals surface area contributed by atoms with Crippen LogP contribution in [0.5, 0.6) is 0 Å². The molecule has 0 radical (unpaired) electrons. The van der Waals surface area contributed by atoms with Gasteiger partial charge in [-0.1, -0.05) is 13.8 Å². The zero-order valence-corrected chi connectivity index (χ0v) is 9.34. The topological polar surface area (TPSA) is 54.6 Å². The minimum atomic E-state index is -0.928. The molecule has 84 valence electrons. The zero-order chi connectivity index (χ0) is 11.7. The Balaban J connectivity index is 2.46. The first-order valence-corrected chi connectivity index (χ1v) is 5.27. The van der Waals surface area contributed by atoms with Crippen molar-refractivity contribution in [3.8, 4) is 0 Å². The number of hydrogen-bond donors (Lipinski definition) is 1. The Morgan fingerprint density at radius 3 is 2.88 bits per heavy atom. The zero-order valence-electron chi connectivity index (χ0n) is 9.34. The molecule has 0 saturated heterocycles. The van der Waals surface area contributed by atoms with E-state index in [2.05, 4.69) is 18.9 Å². The van der Waals surface area contributed by atoms with Crippen LogP contribution < -0.4 is 0 Å². The van der Waals surface area contributed by atoms with Gasteiger partial charge in [0, 0.05) is 6.20 Å². The van der Waals surface area contributed by atoms with Gasteiger partial charge in [-0.25, -0.2) is 9.31 Å². The van der Waals surface area contributed by atoms with Crippen molar-refractivity contribution in [3.63, 3.8) is 0 Å². The highest BCUT2D eigenvalue weighted by Crippen LogP contribution is 2.15. The second-order valence-electron chi connectivity index (χ2n) is 4.32. The minimum absolute atomic E-state index is 0.256. The molecular formula is C12H14N2O2. The number of nitrogens with zero attached hydrogens (tertiary/aromatic N) is 2. The quantitative estimate of drug-likeness (QED) is 0.859. The molecule has 0 fully saturated rings. The summed E-state index contributed by atoms with van der Waals surface area (Å²) in [5.74, 6) is -0.366. The molecule has 4 heteroatoms. The van der Waals surface area contributed by atoms with Gasteiger partial charge in [0.25, 0.3) is 0 Å². The summed E-state index contributed by atoms with van der Waals surface area (Å²) in [4.78, 5) is 10.8. The Morgan fingerprint density at radius 2 is 2.25 bits per heavy atom. The van der Waals surface area contributed by atoms with E-state index in [-0.39, 0.29) is 5.56 Å². The van der Waals surface area contributed by atoms with Crippen LogP contribution in [0.15, 0.2) is 24.5 Å². The van der Waals surface area contributed by atoms with Crippen molar-refractivity contribution in [3.05, 3.63) is 35.7 Å². The molecule has 0 aliphatic carbocycles. The van der Waals surface area contributed by atoms with E-state index in [1.165, 1.54) is 0 Å². The van der Waals surface area contributed by atoms with E-state index >= 15 is 0 Å². The maximum atomic E-state index is 10.8. The lowest BCUT2D eigenvalue weighted by atomic mass is 10.0. The first kappa shape index (κ1) is 10.7. The SMILES string of the molecule is CC(C)Cc1cnn2cc(C(=O)O)ccc12. The number of pyridine rings is 1. The molecule has 0 aliphatic rings. The van der Waals surface area contributed by atoms with E-state index in [9.17, 15) is 4.79 Å². The number of carboxylic acid groups (broad SMARTS) is 1. The average molecular weight is 218 g/mol.